The van der Waals surface area contributed by atoms with Crippen LogP contribution in [-0.4, -0.2) is 9.97 Å². The van der Waals surface area contributed by atoms with E-state index in [1.165, 1.54) is 5.56 Å². The van der Waals surface area contributed by atoms with Gasteiger partial charge in [-0.3, -0.25) is 0 Å². The van der Waals surface area contributed by atoms with Crippen molar-refractivity contribution in [2.45, 2.75) is 26.7 Å². The highest BCUT2D eigenvalue weighted by Crippen LogP contribution is 2.30. The van der Waals surface area contributed by atoms with Gasteiger partial charge in [0.2, 0.25) is 5.28 Å². The number of halogens is 1. The molecule has 2 aromatic rings. The monoisotopic (exact) mass is 234 g/mol. The lowest BCUT2D eigenvalue weighted by molar-refractivity contribution is 0.834. The second kappa shape index (κ2) is 4.30. The van der Waals surface area contributed by atoms with Gasteiger partial charge in [0.15, 0.2) is 0 Å². The molecule has 0 aliphatic rings. The number of nitrogens with one attached hydrogen (secondary N) is 1. The van der Waals surface area contributed by atoms with Crippen molar-refractivity contribution in [3.8, 4) is 11.3 Å². The molecular formula is C13H15ClN2. The van der Waals surface area contributed by atoms with Gasteiger partial charge in [0.05, 0.1) is 5.69 Å². The molecule has 0 unspecified atom stereocenters. The number of hydrogen-bond donors (Lipinski definition) is 1. The standard InChI is InChI=1S/C13H15ClN2/c1-8(2)11-12(16-13(14)15-11)10-7-5-4-6-9(10)3/h4-8H,1-3H3,(H,15,16). The van der Waals surface area contributed by atoms with Gasteiger partial charge in [0.25, 0.3) is 0 Å². The molecule has 0 fully saturated rings. The van der Waals surface area contributed by atoms with Crippen LogP contribution in [0.15, 0.2) is 24.3 Å². The summed E-state index contributed by atoms with van der Waals surface area (Å²) in [6, 6.07) is 8.22. The first-order chi connectivity index (χ1) is 7.59. The van der Waals surface area contributed by atoms with Gasteiger partial charge in [-0.15, -0.1) is 0 Å². The molecule has 0 atom stereocenters. The normalized spacial score (nSPS) is 11.1. The van der Waals surface area contributed by atoms with Gasteiger partial charge in [-0.25, -0.2) is 4.98 Å². The third-order valence-electron chi connectivity index (χ3n) is 2.68. The Kier molecular flexibility index (Phi) is 3.01. The number of H-pyrrole nitrogens is 1. The van der Waals surface area contributed by atoms with E-state index in [0.29, 0.717) is 11.2 Å². The number of aromatic nitrogens is 2. The highest BCUT2D eigenvalue weighted by Gasteiger charge is 2.15. The van der Waals surface area contributed by atoms with E-state index in [4.69, 9.17) is 11.6 Å². The number of aromatic amines is 1. The molecule has 84 valence electrons. The molecule has 0 aliphatic carbocycles. The molecule has 1 aromatic heterocycles. The Bertz CT molecular complexity index is 500. The molecule has 16 heavy (non-hydrogen) atoms. The predicted octanol–water partition coefficient (Wildman–Crippen LogP) is 4.16. The van der Waals surface area contributed by atoms with Crippen LogP contribution < -0.4 is 0 Å². The lowest BCUT2D eigenvalue weighted by atomic mass is 10.00. The van der Waals surface area contributed by atoms with Crippen molar-refractivity contribution >= 4 is 11.6 Å². The lowest BCUT2D eigenvalue weighted by Gasteiger charge is -2.07. The molecular weight excluding hydrogens is 220 g/mol. The van der Waals surface area contributed by atoms with Gasteiger partial charge in [-0.2, -0.15) is 0 Å². The lowest BCUT2D eigenvalue weighted by Crippen LogP contribution is -1.92. The largest absolute Gasteiger partial charge is 0.332 e. The van der Waals surface area contributed by atoms with Gasteiger partial charge >= 0.3 is 0 Å². The summed E-state index contributed by atoms with van der Waals surface area (Å²) in [5, 5.41) is 0.460. The molecule has 1 N–H and O–H groups in total. The van der Waals surface area contributed by atoms with Crippen LogP contribution in [-0.2, 0) is 0 Å². The highest BCUT2D eigenvalue weighted by molar-refractivity contribution is 6.28. The fourth-order valence-electron chi connectivity index (χ4n) is 1.82. The Hall–Kier alpha value is -1.28. The third kappa shape index (κ3) is 1.98. The van der Waals surface area contributed by atoms with Gasteiger partial charge < -0.3 is 4.98 Å². The second-order valence-electron chi connectivity index (χ2n) is 4.26. The van der Waals surface area contributed by atoms with Crippen LogP contribution in [0.25, 0.3) is 11.3 Å². The minimum absolute atomic E-state index is 0.384. The number of benzene rings is 1. The van der Waals surface area contributed by atoms with Gasteiger partial charge in [0, 0.05) is 11.3 Å². The van der Waals surface area contributed by atoms with E-state index in [1.54, 1.807) is 0 Å². The first-order valence-electron chi connectivity index (χ1n) is 5.41. The molecule has 0 aliphatic heterocycles. The van der Waals surface area contributed by atoms with Crippen LogP contribution in [0.3, 0.4) is 0 Å². The summed E-state index contributed by atoms with van der Waals surface area (Å²) in [6.07, 6.45) is 0. The summed E-state index contributed by atoms with van der Waals surface area (Å²) in [5.41, 5.74) is 4.43. The smallest absolute Gasteiger partial charge is 0.200 e. The minimum Gasteiger partial charge on any atom is -0.332 e. The Morgan fingerprint density at radius 1 is 1.25 bits per heavy atom. The summed E-state index contributed by atoms with van der Waals surface area (Å²) in [7, 11) is 0. The molecule has 1 heterocycles. The summed E-state index contributed by atoms with van der Waals surface area (Å²) in [5.74, 6) is 0.384. The zero-order valence-electron chi connectivity index (χ0n) is 9.71. The molecule has 0 amide bonds. The van der Waals surface area contributed by atoms with E-state index in [0.717, 1.165) is 17.0 Å². The fraction of sp³-hybridized carbons (Fsp3) is 0.308. The molecule has 0 saturated carbocycles. The molecule has 0 spiro atoms. The fourth-order valence-corrected chi connectivity index (χ4v) is 2.00. The molecule has 1 aromatic carbocycles. The van der Waals surface area contributed by atoms with Crippen LogP contribution in [0.2, 0.25) is 5.28 Å². The maximum atomic E-state index is 5.95. The summed E-state index contributed by atoms with van der Waals surface area (Å²) in [6.45, 7) is 6.35. The minimum atomic E-state index is 0.384. The summed E-state index contributed by atoms with van der Waals surface area (Å²) >= 11 is 5.95. The van der Waals surface area contributed by atoms with Crippen molar-refractivity contribution in [3.05, 3.63) is 40.8 Å². The van der Waals surface area contributed by atoms with Gasteiger partial charge in [-0.1, -0.05) is 38.1 Å². The van der Waals surface area contributed by atoms with Gasteiger partial charge in [-0.05, 0) is 30.0 Å². The highest BCUT2D eigenvalue weighted by atomic mass is 35.5. The molecule has 0 radical (unpaired) electrons. The Morgan fingerprint density at radius 2 is 1.94 bits per heavy atom. The topological polar surface area (TPSA) is 28.7 Å². The number of aryl methyl sites for hydroxylation is 1. The number of hydrogen-bond acceptors (Lipinski definition) is 1. The van der Waals surface area contributed by atoms with Crippen molar-refractivity contribution in [1.29, 1.82) is 0 Å². The van der Waals surface area contributed by atoms with E-state index in [9.17, 15) is 0 Å². The maximum Gasteiger partial charge on any atom is 0.200 e. The van der Waals surface area contributed by atoms with Crippen LogP contribution in [0.1, 0.15) is 31.0 Å². The average molecular weight is 235 g/mol. The molecule has 2 nitrogen and oxygen atoms in total. The third-order valence-corrected chi connectivity index (χ3v) is 2.86. The predicted molar refractivity (Wildman–Crippen MR) is 67.9 cm³/mol. The average Bonchev–Trinajstić information content (AvgIpc) is 2.61. The second-order valence-corrected chi connectivity index (χ2v) is 4.62. The van der Waals surface area contributed by atoms with E-state index in [1.807, 2.05) is 12.1 Å². The first-order valence-corrected chi connectivity index (χ1v) is 5.78. The van der Waals surface area contributed by atoms with Crippen molar-refractivity contribution in [2.75, 3.05) is 0 Å². The molecule has 0 saturated heterocycles. The van der Waals surface area contributed by atoms with Crippen LogP contribution in [0.5, 0.6) is 0 Å². The molecule has 3 heteroatoms. The zero-order valence-corrected chi connectivity index (χ0v) is 10.5. The van der Waals surface area contributed by atoms with Crippen molar-refractivity contribution < 1.29 is 0 Å². The van der Waals surface area contributed by atoms with E-state index in [2.05, 4.69) is 42.9 Å². The van der Waals surface area contributed by atoms with E-state index in [-0.39, 0.29) is 0 Å². The van der Waals surface area contributed by atoms with Crippen molar-refractivity contribution in [2.24, 2.45) is 0 Å². The van der Waals surface area contributed by atoms with E-state index < -0.39 is 0 Å². The maximum absolute atomic E-state index is 5.95. The summed E-state index contributed by atoms with van der Waals surface area (Å²) < 4.78 is 0. The number of nitrogens with zero attached hydrogens (tertiary/aromatic N) is 1. The molecule has 2 rings (SSSR count). The van der Waals surface area contributed by atoms with Gasteiger partial charge in [0.1, 0.15) is 0 Å². The van der Waals surface area contributed by atoms with Crippen molar-refractivity contribution in [3.63, 3.8) is 0 Å². The SMILES string of the molecule is Cc1ccccc1-c1nc(Cl)[nH]c1C(C)C. The van der Waals surface area contributed by atoms with Crippen LogP contribution in [0, 0.1) is 6.92 Å². The quantitative estimate of drug-likeness (QED) is 0.831. The first kappa shape index (κ1) is 11.2. The van der Waals surface area contributed by atoms with Crippen molar-refractivity contribution in [1.82, 2.24) is 9.97 Å². The number of rotatable bonds is 2. The van der Waals surface area contributed by atoms with Crippen LogP contribution in [0.4, 0.5) is 0 Å². The van der Waals surface area contributed by atoms with E-state index >= 15 is 0 Å². The Morgan fingerprint density at radius 3 is 2.56 bits per heavy atom. The number of imidazole rings is 1. The zero-order chi connectivity index (χ0) is 11.7. The Labute approximate surface area is 101 Å². The Balaban J connectivity index is 2.60. The molecule has 0 bridgehead atoms. The summed E-state index contributed by atoms with van der Waals surface area (Å²) in [4.78, 5) is 7.50. The van der Waals surface area contributed by atoms with Crippen LogP contribution >= 0.6 is 11.6 Å².